The van der Waals surface area contributed by atoms with E-state index in [1.165, 1.54) is 24.3 Å². The number of aryl methyl sites for hydroxylation is 1. The molecule has 9 heteroatoms. The summed E-state index contributed by atoms with van der Waals surface area (Å²) in [5.41, 5.74) is 2.31. The molecule has 0 aliphatic carbocycles. The van der Waals surface area contributed by atoms with Gasteiger partial charge in [0, 0.05) is 24.4 Å². The molecule has 3 aromatic rings. The van der Waals surface area contributed by atoms with E-state index in [9.17, 15) is 18.3 Å². The van der Waals surface area contributed by atoms with Crippen LogP contribution < -0.4 is 4.72 Å². The molecule has 3 aromatic carbocycles. The number of aliphatic hydroxyl groups excluding tert-OH is 1. The maximum atomic E-state index is 13.4. The molecule has 0 amide bonds. The van der Waals surface area contributed by atoms with Gasteiger partial charge >= 0.3 is 5.97 Å². The number of sulfonamides is 1. The minimum Gasteiger partial charge on any atom is -0.480 e. The number of esters is 1. The second kappa shape index (κ2) is 12.3. The number of hydrogen-bond donors (Lipinski definition) is 2. The first kappa shape index (κ1) is 28.7. The van der Waals surface area contributed by atoms with Crippen LogP contribution in [0.5, 0.6) is 0 Å². The third-order valence-corrected chi connectivity index (χ3v) is 8.27. The standard InChI is InChI=1S/C31H32N2O6S/c1-3-18-31(19-17-22-9-6-5-7-10-22)38-29(34)28(30(35)39-31)27(4-2)24-11-8-12-25(20-24)33-40(36,37)26-15-13-23(21-32)14-16-26/h5-16,20,27,33-34H,3-4,17-19H2,1-2H3. The lowest BCUT2D eigenvalue weighted by atomic mass is 9.88. The van der Waals surface area contributed by atoms with Gasteiger partial charge < -0.3 is 14.6 Å². The number of aliphatic hydroxyl groups is 1. The SMILES string of the molecule is CCCC1(CCc2ccccc2)OC(=O)C(C(CC)c2cccc(NS(=O)(=O)c3ccc(C#N)cc3)c2)=C(O)O1. The molecule has 1 heterocycles. The number of ether oxygens (including phenoxy) is 2. The van der Waals surface area contributed by atoms with Crippen LogP contribution in [-0.4, -0.2) is 25.3 Å². The van der Waals surface area contributed by atoms with E-state index in [2.05, 4.69) is 4.72 Å². The molecular weight excluding hydrogens is 528 g/mol. The summed E-state index contributed by atoms with van der Waals surface area (Å²) in [4.78, 5) is 13.4. The molecule has 0 spiro atoms. The molecule has 2 unspecified atom stereocenters. The lowest BCUT2D eigenvalue weighted by molar-refractivity contribution is -0.244. The molecule has 2 atom stereocenters. The summed E-state index contributed by atoms with van der Waals surface area (Å²) in [5.74, 6) is -2.99. The van der Waals surface area contributed by atoms with E-state index >= 15 is 0 Å². The van der Waals surface area contributed by atoms with Gasteiger partial charge in [0.1, 0.15) is 5.57 Å². The molecule has 0 fully saturated rings. The highest BCUT2D eigenvalue weighted by molar-refractivity contribution is 7.92. The van der Waals surface area contributed by atoms with E-state index in [4.69, 9.17) is 14.7 Å². The number of cyclic esters (lactones) is 1. The molecule has 1 aliphatic heterocycles. The van der Waals surface area contributed by atoms with Crippen LogP contribution in [0.1, 0.15) is 62.1 Å². The van der Waals surface area contributed by atoms with Crippen molar-refractivity contribution in [3.63, 3.8) is 0 Å². The minimum atomic E-state index is -3.92. The van der Waals surface area contributed by atoms with Gasteiger partial charge in [-0.05, 0) is 66.8 Å². The Morgan fingerprint density at radius 3 is 2.33 bits per heavy atom. The van der Waals surface area contributed by atoms with Gasteiger partial charge in [0.2, 0.25) is 0 Å². The Morgan fingerprint density at radius 2 is 1.70 bits per heavy atom. The van der Waals surface area contributed by atoms with Crippen LogP contribution in [0.15, 0.2) is 95.3 Å². The van der Waals surface area contributed by atoms with E-state index < -0.39 is 33.6 Å². The van der Waals surface area contributed by atoms with Crippen LogP contribution in [0.25, 0.3) is 0 Å². The highest BCUT2D eigenvalue weighted by Crippen LogP contribution is 2.40. The van der Waals surface area contributed by atoms with Gasteiger partial charge in [-0.1, -0.05) is 56.3 Å². The Kier molecular flexibility index (Phi) is 8.80. The monoisotopic (exact) mass is 560 g/mol. The van der Waals surface area contributed by atoms with Crippen LogP contribution in [0, 0.1) is 11.3 Å². The van der Waals surface area contributed by atoms with Crippen LogP contribution in [-0.2, 0) is 30.7 Å². The van der Waals surface area contributed by atoms with Gasteiger partial charge in [0.25, 0.3) is 21.8 Å². The lowest BCUT2D eigenvalue weighted by Gasteiger charge is -2.38. The number of carbonyl (C=O) groups is 1. The first-order valence-electron chi connectivity index (χ1n) is 13.2. The van der Waals surface area contributed by atoms with E-state index in [-0.39, 0.29) is 16.2 Å². The summed E-state index contributed by atoms with van der Waals surface area (Å²) >= 11 is 0. The topological polar surface area (TPSA) is 126 Å². The maximum absolute atomic E-state index is 13.4. The average molecular weight is 561 g/mol. The zero-order chi connectivity index (χ0) is 28.8. The van der Waals surface area contributed by atoms with E-state index in [0.717, 1.165) is 5.56 Å². The molecule has 4 rings (SSSR count). The molecule has 0 saturated heterocycles. The van der Waals surface area contributed by atoms with Crippen molar-refractivity contribution in [2.45, 2.75) is 62.6 Å². The van der Waals surface area contributed by atoms with Gasteiger partial charge in [0.15, 0.2) is 0 Å². The Hall–Kier alpha value is -4.29. The Bertz CT molecular complexity index is 1530. The van der Waals surface area contributed by atoms with Crippen molar-refractivity contribution < 1.29 is 27.8 Å². The van der Waals surface area contributed by atoms with Crippen LogP contribution in [0.3, 0.4) is 0 Å². The molecule has 0 saturated carbocycles. The van der Waals surface area contributed by atoms with Gasteiger partial charge in [-0.15, -0.1) is 0 Å². The number of rotatable bonds is 11. The van der Waals surface area contributed by atoms with Gasteiger partial charge in [-0.2, -0.15) is 5.26 Å². The van der Waals surface area contributed by atoms with E-state index in [1.54, 1.807) is 24.3 Å². The summed E-state index contributed by atoms with van der Waals surface area (Å²) in [6.07, 6.45) is 2.52. The molecule has 0 radical (unpaired) electrons. The fraction of sp³-hybridized carbons (Fsp3) is 0.290. The zero-order valence-electron chi connectivity index (χ0n) is 22.5. The zero-order valence-corrected chi connectivity index (χ0v) is 23.3. The summed E-state index contributed by atoms with van der Waals surface area (Å²) in [6, 6.07) is 24.0. The number of nitrogens with zero attached hydrogens (tertiary/aromatic N) is 1. The predicted molar refractivity (Wildman–Crippen MR) is 151 cm³/mol. The molecule has 0 bridgehead atoms. The van der Waals surface area contributed by atoms with Crippen molar-refractivity contribution in [3.05, 3.63) is 107 Å². The maximum Gasteiger partial charge on any atom is 0.345 e. The summed E-state index contributed by atoms with van der Waals surface area (Å²) in [5, 5.41) is 20.0. The average Bonchev–Trinajstić information content (AvgIpc) is 2.94. The summed E-state index contributed by atoms with van der Waals surface area (Å²) in [6.45, 7) is 3.81. The molecule has 1 aliphatic rings. The van der Waals surface area contributed by atoms with Gasteiger partial charge in [-0.3, -0.25) is 4.72 Å². The number of carbonyl (C=O) groups excluding carboxylic acids is 1. The third-order valence-electron chi connectivity index (χ3n) is 6.87. The molecule has 8 nitrogen and oxygen atoms in total. The molecular formula is C31H32N2O6S. The van der Waals surface area contributed by atoms with Crippen molar-refractivity contribution in [3.8, 4) is 6.07 Å². The number of nitriles is 1. The van der Waals surface area contributed by atoms with Crippen LogP contribution >= 0.6 is 0 Å². The Morgan fingerprint density at radius 1 is 0.975 bits per heavy atom. The van der Waals surface area contributed by atoms with Crippen molar-refractivity contribution >= 4 is 21.7 Å². The molecule has 2 N–H and O–H groups in total. The Labute approximate surface area is 234 Å². The van der Waals surface area contributed by atoms with Crippen molar-refractivity contribution in [2.75, 3.05) is 4.72 Å². The molecule has 40 heavy (non-hydrogen) atoms. The largest absolute Gasteiger partial charge is 0.480 e. The fourth-order valence-corrected chi connectivity index (χ4v) is 5.94. The first-order chi connectivity index (χ1) is 19.2. The highest BCUT2D eigenvalue weighted by Gasteiger charge is 2.45. The number of anilines is 1. The highest BCUT2D eigenvalue weighted by atomic mass is 32.2. The number of nitrogens with one attached hydrogen (secondary N) is 1. The lowest BCUT2D eigenvalue weighted by Crippen LogP contribution is -2.43. The third kappa shape index (κ3) is 6.46. The van der Waals surface area contributed by atoms with E-state index in [1.807, 2.05) is 50.2 Å². The predicted octanol–water partition coefficient (Wildman–Crippen LogP) is 6.32. The van der Waals surface area contributed by atoms with Crippen LogP contribution in [0.2, 0.25) is 0 Å². The van der Waals surface area contributed by atoms with Gasteiger partial charge in [-0.25, -0.2) is 13.2 Å². The quantitative estimate of drug-likeness (QED) is 0.263. The minimum absolute atomic E-state index is 0.000962. The smallest absolute Gasteiger partial charge is 0.345 e. The summed E-state index contributed by atoms with van der Waals surface area (Å²) in [7, 11) is -3.92. The first-order valence-corrected chi connectivity index (χ1v) is 14.7. The summed E-state index contributed by atoms with van der Waals surface area (Å²) < 4.78 is 40.2. The number of hydrogen-bond acceptors (Lipinski definition) is 7. The van der Waals surface area contributed by atoms with Crippen LogP contribution in [0.4, 0.5) is 5.69 Å². The molecule has 0 aromatic heterocycles. The molecule has 208 valence electrons. The van der Waals surface area contributed by atoms with Crippen molar-refractivity contribution in [1.29, 1.82) is 5.26 Å². The second-order valence-electron chi connectivity index (χ2n) is 9.68. The normalized spacial score (nSPS) is 17.9. The van der Waals surface area contributed by atoms with E-state index in [0.29, 0.717) is 43.2 Å². The van der Waals surface area contributed by atoms with Crippen molar-refractivity contribution in [2.24, 2.45) is 0 Å². The number of benzene rings is 3. The Balaban J connectivity index is 1.58. The van der Waals surface area contributed by atoms with Gasteiger partial charge in [0.05, 0.1) is 16.5 Å². The fourth-order valence-electron chi connectivity index (χ4n) is 4.89. The van der Waals surface area contributed by atoms with Crippen molar-refractivity contribution in [1.82, 2.24) is 0 Å². The second-order valence-corrected chi connectivity index (χ2v) is 11.4.